The molecule has 0 aliphatic carbocycles. The number of carbonyl (C=O) groups is 1. The Labute approximate surface area is 199 Å². The summed E-state index contributed by atoms with van der Waals surface area (Å²) in [5.41, 5.74) is 2.26. The maximum Gasteiger partial charge on any atom is 0.269 e. The largest absolute Gasteiger partial charge is 0.457 e. The van der Waals surface area contributed by atoms with Gasteiger partial charge in [0, 0.05) is 25.9 Å². The highest BCUT2D eigenvalue weighted by Crippen LogP contribution is 2.22. The van der Waals surface area contributed by atoms with Gasteiger partial charge < -0.3 is 15.4 Å². The van der Waals surface area contributed by atoms with E-state index in [0.29, 0.717) is 35.0 Å². The summed E-state index contributed by atoms with van der Waals surface area (Å²) in [5.74, 6) is 1.18. The van der Waals surface area contributed by atoms with Gasteiger partial charge >= 0.3 is 0 Å². The number of fused-ring (bicyclic) bond motifs is 1. The van der Waals surface area contributed by atoms with Gasteiger partial charge in [0.25, 0.3) is 11.5 Å². The third kappa shape index (κ3) is 4.71. The van der Waals surface area contributed by atoms with Crippen LogP contribution < -0.4 is 20.9 Å². The average molecular weight is 467 g/mol. The van der Waals surface area contributed by atoms with Crippen molar-refractivity contribution in [3.8, 4) is 17.2 Å². The van der Waals surface area contributed by atoms with E-state index in [1.165, 1.54) is 12.4 Å². The fraction of sp³-hybridized carbons (Fsp3) is 0.0800. The smallest absolute Gasteiger partial charge is 0.269 e. The minimum atomic E-state index is -0.284. The lowest BCUT2D eigenvalue weighted by atomic mass is 10.2. The van der Waals surface area contributed by atoms with Crippen molar-refractivity contribution < 1.29 is 9.53 Å². The summed E-state index contributed by atoms with van der Waals surface area (Å²) < 4.78 is 7.47. The highest BCUT2D eigenvalue weighted by molar-refractivity contribution is 5.92. The molecule has 10 heteroatoms. The zero-order chi connectivity index (χ0) is 24.2. The number of H-pyrrole nitrogens is 1. The van der Waals surface area contributed by atoms with Crippen LogP contribution in [0.1, 0.15) is 16.1 Å². The number of carbonyl (C=O) groups excluding carboxylic acids is 1. The monoisotopic (exact) mass is 467 g/mol. The SMILES string of the molecule is CNC(=O)c1cc(Oc2ccc(CNc3nc4c(cnn4-c4ccccc4)c(=O)[nH]3)cc2)ccn1. The molecule has 0 spiro atoms. The van der Waals surface area contributed by atoms with Crippen LogP contribution in [0.4, 0.5) is 5.95 Å². The van der Waals surface area contributed by atoms with Crippen molar-refractivity contribution in [1.82, 2.24) is 30.0 Å². The topological polar surface area (TPSA) is 127 Å². The Balaban J connectivity index is 1.29. The standard InChI is InChI=1S/C25H21N7O3/c1-26-24(34)21-13-19(11-12-27-21)35-18-9-7-16(8-10-18)14-28-25-30-22-20(23(33)31-25)15-29-32(22)17-5-3-2-4-6-17/h2-13,15H,14H2,1H3,(H,26,34)(H2,28,30,31,33). The summed E-state index contributed by atoms with van der Waals surface area (Å²) in [5, 5.41) is 10.4. The molecule has 0 saturated heterocycles. The lowest BCUT2D eigenvalue weighted by Crippen LogP contribution is -2.18. The van der Waals surface area contributed by atoms with Gasteiger partial charge in [-0.15, -0.1) is 0 Å². The van der Waals surface area contributed by atoms with Crippen molar-refractivity contribution in [2.45, 2.75) is 6.54 Å². The van der Waals surface area contributed by atoms with E-state index in [1.54, 1.807) is 23.9 Å². The van der Waals surface area contributed by atoms with Crippen molar-refractivity contribution in [3.63, 3.8) is 0 Å². The maximum atomic E-state index is 12.5. The van der Waals surface area contributed by atoms with Gasteiger partial charge in [0.05, 0.1) is 11.9 Å². The summed E-state index contributed by atoms with van der Waals surface area (Å²) in [7, 11) is 1.55. The Morgan fingerprint density at radius 3 is 2.63 bits per heavy atom. The zero-order valence-electron chi connectivity index (χ0n) is 18.7. The first kappa shape index (κ1) is 21.8. The lowest BCUT2D eigenvalue weighted by Gasteiger charge is -2.09. The molecule has 0 bridgehead atoms. The van der Waals surface area contributed by atoms with E-state index >= 15 is 0 Å². The molecule has 2 aromatic carbocycles. The van der Waals surface area contributed by atoms with Crippen LogP contribution in [0.3, 0.4) is 0 Å². The Morgan fingerprint density at radius 2 is 1.86 bits per heavy atom. The van der Waals surface area contributed by atoms with E-state index in [1.807, 2.05) is 54.6 Å². The second kappa shape index (κ2) is 9.48. The van der Waals surface area contributed by atoms with Crippen molar-refractivity contribution in [3.05, 3.63) is 101 Å². The molecule has 3 heterocycles. The fourth-order valence-corrected chi connectivity index (χ4v) is 3.48. The molecular formula is C25H21N7O3. The molecule has 0 radical (unpaired) electrons. The molecule has 3 aromatic heterocycles. The molecule has 3 N–H and O–H groups in total. The molecule has 0 aliphatic heterocycles. The number of benzene rings is 2. The maximum absolute atomic E-state index is 12.5. The van der Waals surface area contributed by atoms with E-state index in [-0.39, 0.29) is 17.2 Å². The van der Waals surface area contributed by atoms with Crippen molar-refractivity contribution in [1.29, 1.82) is 0 Å². The highest BCUT2D eigenvalue weighted by atomic mass is 16.5. The number of aromatic amines is 1. The number of aromatic nitrogens is 5. The number of hydrogen-bond acceptors (Lipinski definition) is 7. The van der Waals surface area contributed by atoms with E-state index in [9.17, 15) is 9.59 Å². The molecule has 0 saturated carbocycles. The summed E-state index contributed by atoms with van der Waals surface area (Å²) >= 11 is 0. The summed E-state index contributed by atoms with van der Waals surface area (Å²) in [4.78, 5) is 35.6. The average Bonchev–Trinajstić information content (AvgIpc) is 3.33. The number of anilines is 1. The molecule has 0 unspecified atom stereocenters. The first-order chi connectivity index (χ1) is 17.1. The van der Waals surface area contributed by atoms with Crippen LogP contribution >= 0.6 is 0 Å². The second-order valence-corrected chi connectivity index (χ2v) is 7.60. The fourth-order valence-electron chi connectivity index (χ4n) is 3.48. The lowest BCUT2D eigenvalue weighted by molar-refractivity contribution is 0.0958. The van der Waals surface area contributed by atoms with E-state index in [2.05, 4.69) is 30.7 Å². The number of nitrogens with zero attached hydrogens (tertiary/aromatic N) is 4. The number of pyridine rings is 1. The Kier molecular flexibility index (Phi) is 5.91. The Bertz CT molecular complexity index is 1540. The van der Waals surface area contributed by atoms with Crippen molar-refractivity contribution in [2.24, 2.45) is 0 Å². The molecule has 174 valence electrons. The van der Waals surface area contributed by atoms with E-state index in [4.69, 9.17) is 4.74 Å². The van der Waals surface area contributed by atoms with Crippen molar-refractivity contribution in [2.75, 3.05) is 12.4 Å². The minimum Gasteiger partial charge on any atom is -0.457 e. The third-order valence-corrected chi connectivity index (χ3v) is 5.25. The molecule has 5 aromatic rings. The van der Waals surface area contributed by atoms with Crippen LogP contribution in [-0.2, 0) is 6.54 Å². The summed E-state index contributed by atoms with van der Waals surface area (Å²) in [6.45, 7) is 0.435. The Hall–Kier alpha value is -4.99. The number of para-hydroxylation sites is 1. The van der Waals surface area contributed by atoms with Gasteiger partial charge in [-0.25, -0.2) is 4.68 Å². The summed E-state index contributed by atoms with van der Waals surface area (Å²) in [6, 6.07) is 20.2. The van der Waals surface area contributed by atoms with Crippen LogP contribution in [0.2, 0.25) is 0 Å². The van der Waals surface area contributed by atoms with Gasteiger partial charge in [-0.1, -0.05) is 30.3 Å². The molecule has 5 rings (SSSR count). The molecule has 1 amide bonds. The third-order valence-electron chi connectivity index (χ3n) is 5.25. The number of ether oxygens (including phenoxy) is 1. The Morgan fingerprint density at radius 1 is 1.06 bits per heavy atom. The van der Waals surface area contributed by atoms with Gasteiger partial charge in [0.15, 0.2) is 5.65 Å². The second-order valence-electron chi connectivity index (χ2n) is 7.60. The van der Waals surface area contributed by atoms with Crippen LogP contribution in [0, 0.1) is 0 Å². The molecule has 0 fully saturated rings. The molecule has 35 heavy (non-hydrogen) atoms. The number of rotatable bonds is 7. The van der Waals surface area contributed by atoms with Gasteiger partial charge in [-0.3, -0.25) is 19.6 Å². The zero-order valence-corrected chi connectivity index (χ0v) is 18.7. The van der Waals surface area contributed by atoms with Gasteiger partial charge in [-0.05, 0) is 35.9 Å². The predicted molar refractivity (Wildman–Crippen MR) is 131 cm³/mol. The van der Waals surface area contributed by atoms with Gasteiger partial charge in [-0.2, -0.15) is 10.1 Å². The minimum absolute atomic E-state index is 0.267. The van der Waals surface area contributed by atoms with E-state index < -0.39 is 0 Å². The van der Waals surface area contributed by atoms with Gasteiger partial charge in [0.2, 0.25) is 5.95 Å². The first-order valence-corrected chi connectivity index (χ1v) is 10.8. The van der Waals surface area contributed by atoms with Crippen molar-refractivity contribution >= 4 is 22.9 Å². The van der Waals surface area contributed by atoms with Crippen LogP contribution in [0.15, 0.2) is 83.9 Å². The molecule has 0 atom stereocenters. The van der Waals surface area contributed by atoms with Crippen LogP contribution in [0.25, 0.3) is 16.7 Å². The van der Waals surface area contributed by atoms with E-state index in [0.717, 1.165) is 11.3 Å². The van der Waals surface area contributed by atoms with Gasteiger partial charge in [0.1, 0.15) is 22.6 Å². The van der Waals surface area contributed by atoms with Crippen LogP contribution in [0.5, 0.6) is 11.5 Å². The molecule has 0 aliphatic rings. The number of amides is 1. The van der Waals surface area contributed by atoms with Crippen LogP contribution in [-0.4, -0.2) is 37.7 Å². The highest BCUT2D eigenvalue weighted by Gasteiger charge is 2.11. The molecular weight excluding hydrogens is 446 g/mol. The predicted octanol–water partition coefficient (Wildman–Crippen LogP) is 3.27. The normalized spacial score (nSPS) is 10.8. The number of nitrogens with one attached hydrogen (secondary N) is 3. The molecule has 10 nitrogen and oxygen atoms in total. The quantitative estimate of drug-likeness (QED) is 0.335. The first-order valence-electron chi connectivity index (χ1n) is 10.8. The number of hydrogen-bond donors (Lipinski definition) is 3. The summed E-state index contributed by atoms with van der Waals surface area (Å²) in [6.07, 6.45) is 3.03.